The summed E-state index contributed by atoms with van der Waals surface area (Å²) in [6.07, 6.45) is 3.24. The molecule has 1 saturated heterocycles. The minimum absolute atomic E-state index is 0.118. The topological polar surface area (TPSA) is 86.0 Å². The van der Waals surface area contributed by atoms with Gasteiger partial charge in [0.25, 0.3) is 0 Å². The van der Waals surface area contributed by atoms with Crippen LogP contribution in [-0.4, -0.2) is 79.5 Å². The number of carbonyl (C=O) groups excluding carboxylic acids is 1. The number of nitrogens with zero attached hydrogens (tertiary/aromatic N) is 3. The minimum Gasteiger partial charge on any atom is -0.490 e. The highest BCUT2D eigenvalue weighted by molar-refractivity contribution is 5.92. The summed E-state index contributed by atoms with van der Waals surface area (Å²) in [7, 11) is 1.34. The average Bonchev–Trinajstić information content (AvgIpc) is 2.92. The molecule has 1 N–H and O–H groups in total. The Bertz CT molecular complexity index is 1010. The number of aliphatic hydroxyl groups excluding tert-OH is 1. The number of esters is 1. The van der Waals surface area contributed by atoms with Crippen molar-refractivity contribution in [2.24, 2.45) is 0 Å². The lowest BCUT2D eigenvalue weighted by atomic mass is 9.69. The molecule has 0 radical (unpaired) electrons. The molecule has 0 amide bonds. The van der Waals surface area contributed by atoms with Gasteiger partial charge in [-0.2, -0.15) is 5.26 Å². The molecule has 4 rings (SSSR count). The molecule has 7 heteroatoms. The van der Waals surface area contributed by atoms with Gasteiger partial charge in [0, 0.05) is 38.8 Å². The van der Waals surface area contributed by atoms with Crippen molar-refractivity contribution in [3.8, 4) is 11.8 Å². The average molecular weight is 478 g/mol. The summed E-state index contributed by atoms with van der Waals surface area (Å²) in [5.74, 6) is -0.0332. The first-order valence-electron chi connectivity index (χ1n) is 12.5. The van der Waals surface area contributed by atoms with E-state index in [2.05, 4.69) is 28.0 Å². The molecule has 1 saturated carbocycles. The van der Waals surface area contributed by atoms with Crippen LogP contribution in [-0.2, 0) is 10.2 Å². The van der Waals surface area contributed by atoms with Crippen molar-refractivity contribution >= 4 is 5.97 Å². The lowest BCUT2D eigenvalue weighted by Crippen LogP contribution is -2.53. The van der Waals surface area contributed by atoms with E-state index in [9.17, 15) is 15.2 Å². The third kappa shape index (κ3) is 6.02. The number of piperazine rings is 1. The zero-order valence-electron chi connectivity index (χ0n) is 20.4. The van der Waals surface area contributed by atoms with Crippen LogP contribution in [0.1, 0.15) is 41.6 Å². The summed E-state index contributed by atoms with van der Waals surface area (Å²) in [4.78, 5) is 16.7. The SMILES string of the molecule is COC(=O)c1ccccc1OCC(O)CN1CCN(C2CCC(C#N)(c3ccccc3)CC2)CC1. The summed E-state index contributed by atoms with van der Waals surface area (Å²) in [5, 5.41) is 20.5. The smallest absolute Gasteiger partial charge is 0.341 e. The van der Waals surface area contributed by atoms with Gasteiger partial charge in [0.05, 0.1) is 18.6 Å². The molecule has 0 bridgehead atoms. The molecule has 186 valence electrons. The predicted octanol–water partition coefficient (Wildman–Crippen LogP) is 3.23. The van der Waals surface area contributed by atoms with E-state index in [1.54, 1.807) is 24.3 Å². The number of β-amino-alcohol motifs (C(OH)–C–C–N with tert-alkyl or cyclic N) is 1. The van der Waals surface area contributed by atoms with Crippen LogP contribution in [0.15, 0.2) is 54.6 Å². The molecule has 1 atom stereocenters. The van der Waals surface area contributed by atoms with Gasteiger partial charge >= 0.3 is 5.97 Å². The van der Waals surface area contributed by atoms with Crippen molar-refractivity contribution in [3.05, 3.63) is 65.7 Å². The van der Waals surface area contributed by atoms with E-state index >= 15 is 0 Å². The molecular weight excluding hydrogens is 442 g/mol. The molecule has 1 heterocycles. The van der Waals surface area contributed by atoms with E-state index in [1.165, 1.54) is 7.11 Å². The fraction of sp³-hybridized carbons (Fsp3) is 0.500. The molecular formula is C28H35N3O4. The highest BCUT2D eigenvalue weighted by Gasteiger charge is 2.39. The first-order chi connectivity index (χ1) is 17.0. The van der Waals surface area contributed by atoms with E-state index in [-0.39, 0.29) is 12.0 Å². The molecule has 2 fully saturated rings. The number of hydrogen-bond donors (Lipinski definition) is 1. The molecule has 2 aromatic carbocycles. The highest BCUT2D eigenvalue weighted by atomic mass is 16.5. The molecule has 1 aliphatic carbocycles. The second-order valence-electron chi connectivity index (χ2n) is 9.58. The zero-order chi connectivity index (χ0) is 24.7. The maximum absolute atomic E-state index is 11.9. The number of benzene rings is 2. The summed E-state index contributed by atoms with van der Waals surface area (Å²) in [6.45, 7) is 4.38. The number of rotatable bonds is 8. The fourth-order valence-electron chi connectivity index (χ4n) is 5.40. The number of carbonyl (C=O) groups is 1. The maximum Gasteiger partial charge on any atom is 0.341 e. The lowest BCUT2D eigenvalue weighted by molar-refractivity contribution is 0.0281. The van der Waals surface area contributed by atoms with Crippen molar-refractivity contribution in [1.82, 2.24) is 9.80 Å². The number of aliphatic hydroxyl groups is 1. The Morgan fingerprint density at radius 1 is 1.09 bits per heavy atom. The standard InChI is InChI=1S/C28H35N3O4/c1-34-27(33)25-9-5-6-10-26(25)35-20-24(32)19-30-15-17-31(18-16-30)23-11-13-28(21-29,14-12-23)22-7-3-2-4-8-22/h2-10,23-24,32H,11-20H2,1H3. The third-order valence-electron chi connectivity index (χ3n) is 7.46. The van der Waals surface area contributed by atoms with Crippen molar-refractivity contribution < 1.29 is 19.4 Å². The summed E-state index contributed by atoms with van der Waals surface area (Å²) >= 11 is 0. The number of para-hydroxylation sites is 1. The summed E-state index contributed by atoms with van der Waals surface area (Å²) in [5.41, 5.74) is 1.16. The second-order valence-corrected chi connectivity index (χ2v) is 9.58. The number of hydrogen-bond acceptors (Lipinski definition) is 7. The Morgan fingerprint density at radius 2 is 1.74 bits per heavy atom. The van der Waals surface area contributed by atoms with Gasteiger partial charge in [-0.05, 0) is 43.4 Å². The van der Waals surface area contributed by atoms with Gasteiger partial charge in [0.15, 0.2) is 0 Å². The van der Waals surface area contributed by atoms with Crippen LogP contribution in [0.5, 0.6) is 5.75 Å². The molecule has 0 spiro atoms. The first kappa shape index (κ1) is 25.2. The third-order valence-corrected chi connectivity index (χ3v) is 7.46. The molecule has 2 aliphatic rings. The van der Waals surface area contributed by atoms with Crippen LogP contribution in [0.25, 0.3) is 0 Å². The van der Waals surface area contributed by atoms with Crippen LogP contribution >= 0.6 is 0 Å². The minimum atomic E-state index is -0.649. The Kier molecular flexibility index (Phi) is 8.40. The van der Waals surface area contributed by atoms with Gasteiger partial charge in [0.2, 0.25) is 0 Å². The van der Waals surface area contributed by atoms with E-state index in [0.29, 0.717) is 23.9 Å². The number of ether oxygens (including phenoxy) is 2. The van der Waals surface area contributed by atoms with Gasteiger partial charge in [-0.25, -0.2) is 4.79 Å². The lowest BCUT2D eigenvalue weighted by Gasteiger charge is -2.44. The highest BCUT2D eigenvalue weighted by Crippen LogP contribution is 2.40. The largest absolute Gasteiger partial charge is 0.490 e. The van der Waals surface area contributed by atoms with E-state index in [0.717, 1.165) is 57.4 Å². The molecule has 1 unspecified atom stereocenters. The Balaban J connectivity index is 1.21. The van der Waals surface area contributed by atoms with E-state index < -0.39 is 12.1 Å². The van der Waals surface area contributed by atoms with Crippen LogP contribution < -0.4 is 4.74 Å². The zero-order valence-corrected chi connectivity index (χ0v) is 20.4. The predicted molar refractivity (Wildman–Crippen MR) is 133 cm³/mol. The van der Waals surface area contributed by atoms with Crippen molar-refractivity contribution in [1.29, 1.82) is 5.26 Å². The van der Waals surface area contributed by atoms with Crippen LogP contribution in [0.3, 0.4) is 0 Å². The first-order valence-corrected chi connectivity index (χ1v) is 12.5. The van der Waals surface area contributed by atoms with E-state index in [1.807, 2.05) is 18.2 Å². The Labute approximate surface area is 207 Å². The normalized spacial score (nSPS) is 24.3. The number of methoxy groups -OCH3 is 1. The fourth-order valence-corrected chi connectivity index (χ4v) is 5.40. The van der Waals surface area contributed by atoms with Crippen LogP contribution in [0.2, 0.25) is 0 Å². The van der Waals surface area contributed by atoms with Crippen LogP contribution in [0, 0.1) is 11.3 Å². The van der Waals surface area contributed by atoms with E-state index in [4.69, 9.17) is 9.47 Å². The van der Waals surface area contributed by atoms with Crippen molar-refractivity contribution in [3.63, 3.8) is 0 Å². The second kappa shape index (κ2) is 11.7. The molecule has 0 aromatic heterocycles. The van der Waals surface area contributed by atoms with Gasteiger partial charge < -0.3 is 14.6 Å². The monoisotopic (exact) mass is 477 g/mol. The summed E-state index contributed by atoms with van der Waals surface area (Å²) < 4.78 is 10.5. The molecule has 7 nitrogen and oxygen atoms in total. The molecule has 1 aliphatic heterocycles. The van der Waals surface area contributed by atoms with Gasteiger partial charge in [0.1, 0.15) is 24.0 Å². The maximum atomic E-state index is 11.9. The van der Waals surface area contributed by atoms with Gasteiger partial charge in [-0.15, -0.1) is 0 Å². The summed E-state index contributed by atoms with van der Waals surface area (Å²) in [6, 6.07) is 20.3. The quantitative estimate of drug-likeness (QED) is 0.584. The number of nitriles is 1. The van der Waals surface area contributed by atoms with Crippen molar-refractivity contribution in [2.45, 2.75) is 43.2 Å². The Hall–Kier alpha value is -2.92. The molecule has 2 aromatic rings. The van der Waals surface area contributed by atoms with Gasteiger partial charge in [-0.1, -0.05) is 42.5 Å². The van der Waals surface area contributed by atoms with Gasteiger partial charge in [-0.3, -0.25) is 9.80 Å². The molecule has 35 heavy (non-hydrogen) atoms. The van der Waals surface area contributed by atoms with Crippen LogP contribution in [0.4, 0.5) is 0 Å². The Morgan fingerprint density at radius 3 is 2.40 bits per heavy atom. The van der Waals surface area contributed by atoms with Crippen molar-refractivity contribution in [2.75, 3.05) is 46.4 Å².